The minimum Gasteiger partial charge on any atom is -0.493 e. The third-order valence-electron chi connectivity index (χ3n) is 4.60. The van der Waals surface area contributed by atoms with E-state index in [0.717, 1.165) is 12.1 Å². The van der Waals surface area contributed by atoms with Gasteiger partial charge in [0, 0.05) is 0 Å². The van der Waals surface area contributed by atoms with Crippen LogP contribution in [0.25, 0.3) is 0 Å². The molecule has 2 aromatic carbocycles. The quantitative estimate of drug-likeness (QED) is 0.628. The third-order valence-corrected chi connectivity index (χ3v) is 4.60. The molecule has 0 saturated carbocycles. The predicted octanol–water partition coefficient (Wildman–Crippen LogP) is 5.28. The molecule has 0 aliphatic carbocycles. The van der Waals surface area contributed by atoms with Gasteiger partial charge >= 0.3 is 6.61 Å². The number of aliphatic imine (C=N–C) groups is 1. The van der Waals surface area contributed by atoms with Crippen LogP contribution in [0, 0.1) is 25.5 Å². The second-order valence-corrected chi connectivity index (χ2v) is 6.90. The van der Waals surface area contributed by atoms with E-state index in [1.165, 1.54) is 19.2 Å². The number of nitrogens with zero attached hydrogens (tertiary/aromatic N) is 2. The van der Waals surface area contributed by atoms with Gasteiger partial charge in [-0.2, -0.15) is 8.78 Å². The van der Waals surface area contributed by atoms with Gasteiger partial charge < -0.3 is 19.7 Å². The second-order valence-electron chi connectivity index (χ2n) is 6.90. The van der Waals surface area contributed by atoms with E-state index in [-0.39, 0.29) is 12.3 Å². The lowest BCUT2D eigenvalue weighted by Gasteiger charge is -2.30. The van der Waals surface area contributed by atoms with E-state index in [4.69, 9.17) is 4.74 Å². The van der Waals surface area contributed by atoms with Crippen molar-refractivity contribution in [1.29, 1.82) is 0 Å². The number of guanidine groups is 1. The number of nitrogens with one attached hydrogen (secondary N) is 1. The fourth-order valence-corrected chi connectivity index (χ4v) is 3.00. The van der Waals surface area contributed by atoms with Gasteiger partial charge in [-0.25, -0.2) is 13.8 Å². The Balaban J connectivity index is 1.99. The Hall–Kier alpha value is -3.49. The molecular weight excluding hydrogens is 414 g/mol. The summed E-state index contributed by atoms with van der Waals surface area (Å²) in [6, 6.07) is 6.71. The summed E-state index contributed by atoms with van der Waals surface area (Å²) in [6.07, 6.45) is 1.63. The SMILES string of the molecule is C=C1NC(=Nc2cc(C)c(OC(F)F)cc2C)N(Cc2ccc(F)c(F)c2)C=C1OC. The van der Waals surface area contributed by atoms with Crippen LogP contribution in [-0.4, -0.2) is 24.6 Å². The molecule has 3 rings (SSSR count). The number of alkyl halides is 2. The van der Waals surface area contributed by atoms with Crippen LogP contribution in [0.3, 0.4) is 0 Å². The Labute approximate surface area is 177 Å². The van der Waals surface area contributed by atoms with E-state index in [1.54, 1.807) is 31.0 Å². The summed E-state index contributed by atoms with van der Waals surface area (Å²) in [6.45, 7) is 4.47. The van der Waals surface area contributed by atoms with E-state index in [0.29, 0.717) is 39.8 Å². The monoisotopic (exact) mass is 435 g/mol. The van der Waals surface area contributed by atoms with Crippen LogP contribution < -0.4 is 10.1 Å². The average molecular weight is 435 g/mol. The van der Waals surface area contributed by atoms with Gasteiger partial charge in [-0.15, -0.1) is 0 Å². The number of rotatable bonds is 6. The van der Waals surface area contributed by atoms with Crippen molar-refractivity contribution in [3.8, 4) is 5.75 Å². The lowest BCUT2D eigenvalue weighted by atomic mass is 10.1. The first kappa shape index (κ1) is 22.2. The van der Waals surface area contributed by atoms with E-state index in [2.05, 4.69) is 21.6 Å². The predicted molar refractivity (Wildman–Crippen MR) is 109 cm³/mol. The minimum atomic E-state index is -2.93. The minimum absolute atomic E-state index is 0.0673. The Morgan fingerprint density at radius 1 is 1.10 bits per heavy atom. The van der Waals surface area contributed by atoms with Crippen molar-refractivity contribution in [1.82, 2.24) is 10.2 Å². The molecule has 0 radical (unpaired) electrons. The highest BCUT2D eigenvalue weighted by Crippen LogP contribution is 2.30. The average Bonchev–Trinajstić information content (AvgIpc) is 2.70. The fraction of sp³-hybridized carbons (Fsp3) is 0.227. The van der Waals surface area contributed by atoms with E-state index >= 15 is 0 Å². The lowest BCUT2D eigenvalue weighted by molar-refractivity contribution is -0.0503. The number of halogens is 4. The molecule has 0 amide bonds. The van der Waals surface area contributed by atoms with Gasteiger partial charge in [0.2, 0.25) is 5.96 Å². The van der Waals surface area contributed by atoms with E-state index in [9.17, 15) is 17.6 Å². The summed E-state index contributed by atoms with van der Waals surface area (Å²) in [4.78, 5) is 6.25. The summed E-state index contributed by atoms with van der Waals surface area (Å²) in [7, 11) is 1.48. The summed E-state index contributed by atoms with van der Waals surface area (Å²) >= 11 is 0. The standard InChI is InChI=1S/C22H21F4N3O2/c1-12-8-19(31-21(25)26)13(2)7-18(12)28-22-27-14(3)20(30-4)11-29(22)10-15-5-6-16(23)17(24)9-15/h5-9,11,21H,3,10H2,1-2,4H3,(H,27,28). The highest BCUT2D eigenvalue weighted by molar-refractivity contribution is 5.87. The lowest BCUT2D eigenvalue weighted by Crippen LogP contribution is -2.41. The molecule has 0 saturated heterocycles. The number of ether oxygens (including phenoxy) is 2. The highest BCUT2D eigenvalue weighted by atomic mass is 19.3. The molecule has 0 unspecified atom stereocenters. The zero-order chi connectivity index (χ0) is 22.7. The van der Waals surface area contributed by atoms with Crippen LogP contribution in [0.2, 0.25) is 0 Å². The van der Waals surface area contributed by atoms with Crippen molar-refractivity contribution in [3.05, 3.63) is 82.9 Å². The molecule has 0 bridgehead atoms. The third kappa shape index (κ3) is 5.17. The molecule has 1 N–H and O–H groups in total. The van der Waals surface area contributed by atoms with Gasteiger partial charge in [-0.1, -0.05) is 12.6 Å². The van der Waals surface area contributed by atoms with Crippen molar-refractivity contribution in [2.24, 2.45) is 4.99 Å². The molecule has 31 heavy (non-hydrogen) atoms. The van der Waals surface area contributed by atoms with Crippen molar-refractivity contribution >= 4 is 11.6 Å². The first-order chi connectivity index (χ1) is 14.7. The van der Waals surface area contributed by atoms with Crippen molar-refractivity contribution < 1.29 is 27.0 Å². The van der Waals surface area contributed by atoms with Gasteiger partial charge in [-0.3, -0.25) is 0 Å². The van der Waals surface area contributed by atoms with E-state index in [1.807, 2.05) is 0 Å². The van der Waals surface area contributed by atoms with Crippen LogP contribution in [0.15, 0.2) is 59.6 Å². The van der Waals surface area contributed by atoms with Crippen LogP contribution in [-0.2, 0) is 11.3 Å². The maximum Gasteiger partial charge on any atom is 0.387 e. The van der Waals surface area contributed by atoms with Gasteiger partial charge in [0.15, 0.2) is 17.4 Å². The zero-order valence-corrected chi connectivity index (χ0v) is 17.2. The summed E-state index contributed by atoms with van der Waals surface area (Å²) in [5.41, 5.74) is 2.56. The molecule has 1 aliphatic heterocycles. The molecule has 0 spiro atoms. The summed E-state index contributed by atoms with van der Waals surface area (Å²) < 4.78 is 61.9. The molecular formula is C22H21F4N3O2. The fourth-order valence-electron chi connectivity index (χ4n) is 3.00. The highest BCUT2D eigenvalue weighted by Gasteiger charge is 2.22. The molecule has 9 heteroatoms. The summed E-state index contributed by atoms with van der Waals surface area (Å²) in [5.74, 6) is -1.04. The topological polar surface area (TPSA) is 46.1 Å². The molecule has 1 aliphatic rings. The molecule has 164 valence electrons. The maximum absolute atomic E-state index is 13.6. The number of aryl methyl sites for hydroxylation is 2. The Morgan fingerprint density at radius 2 is 1.84 bits per heavy atom. The van der Waals surface area contributed by atoms with Crippen LogP contribution in [0.1, 0.15) is 16.7 Å². The molecule has 2 aromatic rings. The first-order valence-corrected chi connectivity index (χ1v) is 9.25. The van der Waals surface area contributed by atoms with Crippen LogP contribution in [0.5, 0.6) is 5.75 Å². The van der Waals surface area contributed by atoms with Gasteiger partial charge in [0.25, 0.3) is 0 Å². The van der Waals surface area contributed by atoms with Gasteiger partial charge in [0.05, 0.1) is 31.2 Å². The number of hydrogen-bond donors (Lipinski definition) is 1. The molecule has 0 aromatic heterocycles. The van der Waals surface area contributed by atoms with Crippen molar-refractivity contribution in [2.45, 2.75) is 27.0 Å². The Kier molecular flexibility index (Phi) is 6.53. The molecule has 0 fully saturated rings. The summed E-state index contributed by atoms with van der Waals surface area (Å²) in [5, 5.41) is 3.02. The second kappa shape index (κ2) is 9.11. The first-order valence-electron chi connectivity index (χ1n) is 9.25. The molecule has 1 heterocycles. The Morgan fingerprint density at radius 3 is 2.48 bits per heavy atom. The normalized spacial score (nSPS) is 15.2. The molecule has 5 nitrogen and oxygen atoms in total. The largest absolute Gasteiger partial charge is 0.493 e. The van der Waals surface area contributed by atoms with Crippen LogP contribution in [0.4, 0.5) is 23.2 Å². The Bertz CT molecular complexity index is 1070. The molecule has 0 atom stereocenters. The van der Waals surface area contributed by atoms with Gasteiger partial charge in [0.1, 0.15) is 5.75 Å². The maximum atomic E-state index is 13.6. The van der Waals surface area contributed by atoms with Crippen molar-refractivity contribution in [3.63, 3.8) is 0 Å². The van der Waals surface area contributed by atoms with Crippen LogP contribution >= 0.6 is 0 Å². The number of methoxy groups -OCH3 is 1. The zero-order valence-electron chi connectivity index (χ0n) is 17.2. The number of benzene rings is 2. The number of hydrogen-bond acceptors (Lipinski definition) is 3. The van der Waals surface area contributed by atoms with Gasteiger partial charge in [-0.05, 0) is 54.8 Å². The smallest absolute Gasteiger partial charge is 0.387 e. The van der Waals surface area contributed by atoms with E-state index < -0.39 is 18.2 Å². The van der Waals surface area contributed by atoms with Crippen molar-refractivity contribution in [2.75, 3.05) is 7.11 Å².